The maximum atomic E-state index is 12.5. The number of halogens is 3. The molecular formula is C16H16F3N3O. The van der Waals surface area contributed by atoms with Crippen LogP contribution in [0.5, 0.6) is 5.88 Å². The normalized spacial score (nSPS) is 18.2. The lowest BCUT2D eigenvalue weighted by Gasteiger charge is -2.20. The summed E-state index contributed by atoms with van der Waals surface area (Å²) >= 11 is 0. The first-order chi connectivity index (χ1) is 10.9. The van der Waals surface area contributed by atoms with Crippen molar-refractivity contribution in [3.05, 3.63) is 48.2 Å². The molecule has 0 aliphatic carbocycles. The Morgan fingerprint density at radius 3 is 2.61 bits per heavy atom. The smallest absolute Gasteiger partial charge is 0.417 e. The van der Waals surface area contributed by atoms with E-state index in [0.717, 1.165) is 30.9 Å². The van der Waals surface area contributed by atoms with E-state index in [2.05, 4.69) is 9.88 Å². The van der Waals surface area contributed by atoms with Gasteiger partial charge in [0.25, 0.3) is 0 Å². The van der Waals surface area contributed by atoms with E-state index in [0.29, 0.717) is 12.2 Å². The molecule has 4 nitrogen and oxygen atoms in total. The molecular weight excluding hydrogens is 307 g/mol. The summed E-state index contributed by atoms with van der Waals surface area (Å²) in [4.78, 5) is 5.84. The van der Waals surface area contributed by atoms with Crippen molar-refractivity contribution in [2.24, 2.45) is 0 Å². The van der Waals surface area contributed by atoms with Gasteiger partial charge in [-0.05, 0) is 18.2 Å². The van der Waals surface area contributed by atoms with Crippen molar-refractivity contribution in [3.63, 3.8) is 0 Å². The fourth-order valence-electron chi connectivity index (χ4n) is 2.61. The third-order valence-corrected chi connectivity index (χ3v) is 3.77. The van der Waals surface area contributed by atoms with Crippen molar-refractivity contribution in [2.75, 3.05) is 23.7 Å². The van der Waals surface area contributed by atoms with Gasteiger partial charge in [0.15, 0.2) is 0 Å². The molecule has 2 aromatic rings. The number of anilines is 2. The van der Waals surface area contributed by atoms with Gasteiger partial charge in [0, 0.05) is 25.2 Å². The second kappa shape index (κ2) is 5.98. The number of ether oxygens (including phenoxy) is 1. The van der Waals surface area contributed by atoms with Gasteiger partial charge in [-0.2, -0.15) is 13.2 Å². The summed E-state index contributed by atoms with van der Waals surface area (Å²) in [5.74, 6) is 0.200. The van der Waals surface area contributed by atoms with Crippen LogP contribution >= 0.6 is 0 Å². The predicted molar refractivity (Wildman–Crippen MR) is 81.3 cm³/mol. The van der Waals surface area contributed by atoms with E-state index in [-0.39, 0.29) is 12.0 Å². The summed E-state index contributed by atoms with van der Waals surface area (Å²) < 4.78 is 43.2. The van der Waals surface area contributed by atoms with Crippen LogP contribution in [0.3, 0.4) is 0 Å². The SMILES string of the molecule is Nc1ccccc1N1CCC(Oc2ccc(C(F)(F)F)cn2)C1. The van der Waals surface area contributed by atoms with E-state index in [1.165, 1.54) is 6.07 Å². The molecule has 1 saturated heterocycles. The van der Waals surface area contributed by atoms with Gasteiger partial charge in [0.1, 0.15) is 6.10 Å². The summed E-state index contributed by atoms with van der Waals surface area (Å²) in [6.07, 6.45) is -2.96. The van der Waals surface area contributed by atoms with Crippen LogP contribution in [0.4, 0.5) is 24.5 Å². The molecule has 1 aromatic carbocycles. The summed E-state index contributed by atoms with van der Waals surface area (Å²) in [7, 11) is 0. The average Bonchev–Trinajstić information content (AvgIpc) is 2.95. The Labute approximate surface area is 131 Å². The van der Waals surface area contributed by atoms with Crippen LogP contribution in [0, 0.1) is 0 Å². The maximum absolute atomic E-state index is 12.5. The van der Waals surface area contributed by atoms with E-state index in [4.69, 9.17) is 10.5 Å². The third-order valence-electron chi connectivity index (χ3n) is 3.77. The number of hydrogen-bond donors (Lipinski definition) is 1. The first-order valence-electron chi connectivity index (χ1n) is 7.23. The molecule has 0 amide bonds. The predicted octanol–water partition coefficient (Wildman–Crippen LogP) is 3.34. The molecule has 0 saturated carbocycles. The van der Waals surface area contributed by atoms with E-state index < -0.39 is 11.7 Å². The number of rotatable bonds is 3. The second-order valence-corrected chi connectivity index (χ2v) is 5.42. The lowest BCUT2D eigenvalue weighted by Crippen LogP contribution is -2.25. The zero-order valence-electron chi connectivity index (χ0n) is 12.3. The molecule has 1 atom stereocenters. The Hall–Kier alpha value is -2.44. The number of para-hydroxylation sites is 2. The van der Waals surface area contributed by atoms with Gasteiger partial charge in [-0.25, -0.2) is 4.98 Å². The van der Waals surface area contributed by atoms with Gasteiger partial charge in [-0.15, -0.1) is 0 Å². The molecule has 7 heteroatoms. The molecule has 3 rings (SSSR count). The average molecular weight is 323 g/mol. The van der Waals surface area contributed by atoms with Crippen LogP contribution in [-0.4, -0.2) is 24.2 Å². The molecule has 23 heavy (non-hydrogen) atoms. The lowest BCUT2D eigenvalue weighted by atomic mass is 10.2. The van der Waals surface area contributed by atoms with Gasteiger partial charge in [0.2, 0.25) is 5.88 Å². The van der Waals surface area contributed by atoms with E-state index in [9.17, 15) is 13.2 Å². The summed E-state index contributed by atoms with van der Waals surface area (Å²) in [6, 6.07) is 9.79. The fraction of sp³-hybridized carbons (Fsp3) is 0.312. The first-order valence-corrected chi connectivity index (χ1v) is 7.23. The van der Waals surface area contributed by atoms with Crippen molar-refractivity contribution in [2.45, 2.75) is 18.7 Å². The molecule has 1 aliphatic heterocycles. The Balaban J connectivity index is 1.63. The van der Waals surface area contributed by atoms with Crippen molar-refractivity contribution in [1.29, 1.82) is 0 Å². The number of benzene rings is 1. The highest BCUT2D eigenvalue weighted by Crippen LogP contribution is 2.30. The number of nitrogen functional groups attached to an aromatic ring is 1. The van der Waals surface area contributed by atoms with Gasteiger partial charge < -0.3 is 15.4 Å². The highest BCUT2D eigenvalue weighted by molar-refractivity contribution is 5.67. The minimum Gasteiger partial charge on any atom is -0.472 e. The molecule has 0 bridgehead atoms. The van der Waals surface area contributed by atoms with Crippen LogP contribution in [0.15, 0.2) is 42.6 Å². The minimum atomic E-state index is -4.39. The third kappa shape index (κ3) is 3.49. The molecule has 0 radical (unpaired) electrons. The number of alkyl halides is 3. The van der Waals surface area contributed by atoms with Gasteiger partial charge in [0.05, 0.1) is 23.5 Å². The summed E-state index contributed by atoms with van der Waals surface area (Å²) in [5.41, 5.74) is 6.81. The zero-order valence-corrected chi connectivity index (χ0v) is 12.3. The minimum absolute atomic E-state index is 0.126. The summed E-state index contributed by atoms with van der Waals surface area (Å²) in [6.45, 7) is 1.40. The van der Waals surface area contributed by atoms with Crippen LogP contribution in [0.2, 0.25) is 0 Å². The Bertz CT molecular complexity index is 673. The molecule has 1 aliphatic rings. The van der Waals surface area contributed by atoms with E-state index in [1.807, 2.05) is 24.3 Å². The Kier molecular flexibility index (Phi) is 4.02. The van der Waals surface area contributed by atoms with Crippen LogP contribution in [0.25, 0.3) is 0 Å². The number of hydrogen-bond acceptors (Lipinski definition) is 4. The largest absolute Gasteiger partial charge is 0.472 e. The highest BCUT2D eigenvalue weighted by Gasteiger charge is 2.31. The molecule has 122 valence electrons. The number of nitrogens with two attached hydrogens (primary N) is 1. The quantitative estimate of drug-likeness (QED) is 0.880. The summed E-state index contributed by atoms with van der Waals surface area (Å²) in [5, 5.41) is 0. The van der Waals surface area contributed by atoms with Crippen molar-refractivity contribution in [3.8, 4) is 5.88 Å². The van der Waals surface area contributed by atoms with Crippen LogP contribution in [0.1, 0.15) is 12.0 Å². The Morgan fingerprint density at radius 2 is 1.96 bits per heavy atom. The maximum Gasteiger partial charge on any atom is 0.417 e. The van der Waals surface area contributed by atoms with Crippen LogP contribution in [-0.2, 0) is 6.18 Å². The molecule has 0 spiro atoms. The highest BCUT2D eigenvalue weighted by atomic mass is 19.4. The second-order valence-electron chi connectivity index (χ2n) is 5.42. The van der Waals surface area contributed by atoms with Crippen molar-refractivity contribution < 1.29 is 17.9 Å². The Morgan fingerprint density at radius 1 is 1.17 bits per heavy atom. The first kappa shape index (κ1) is 15.5. The van der Waals surface area contributed by atoms with E-state index in [1.54, 1.807) is 0 Å². The number of aromatic nitrogens is 1. The molecule has 1 fully saturated rings. The zero-order chi connectivity index (χ0) is 16.4. The lowest BCUT2D eigenvalue weighted by molar-refractivity contribution is -0.137. The molecule has 2 N–H and O–H groups in total. The molecule has 2 heterocycles. The topological polar surface area (TPSA) is 51.4 Å². The standard InChI is InChI=1S/C16H16F3N3O/c17-16(18,19)11-5-6-15(21-9-11)23-12-7-8-22(10-12)14-4-2-1-3-13(14)20/h1-6,9,12H,7-8,10,20H2. The van der Waals surface area contributed by atoms with Crippen LogP contribution < -0.4 is 15.4 Å². The fourth-order valence-corrected chi connectivity index (χ4v) is 2.61. The molecule has 1 unspecified atom stereocenters. The van der Waals surface area contributed by atoms with Gasteiger partial charge in [-0.1, -0.05) is 12.1 Å². The van der Waals surface area contributed by atoms with Crippen molar-refractivity contribution in [1.82, 2.24) is 4.98 Å². The van der Waals surface area contributed by atoms with Crippen molar-refractivity contribution >= 4 is 11.4 Å². The number of pyridine rings is 1. The molecule has 1 aromatic heterocycles. The van der Waals surface area contributed by atoms with Gasteiger partial charge >= 0.3 is 6.18 Å². The van der Waals surface area contributed by atoms with E-state index >= 15 is 0 Å². The van der Waals surface area contributed by atoms with Gasteiger partial charge in [-0.3, -0.25) is 0 Å². The number of nitrogens with zero attached hydrogens (tertiary/aromatic N) is 2. The monoisotopic (exact) mass is 323 g/mol.